The molecule has 0 spiro atoms. The second-order valence-electron chi connectivity index (χ2n) is 8.26. The summed E-state index contributed by atoms with van der Waals surface area (Å²) in [4.78, 5) is 8.70. The second kappa shape index (κ2) is 10.4. The monoisotopic (exact) mass is 453 g/mol. The zero-order chi connectivity index (χ0) is 24.1. The molecule has 1 heterocycles. The number of nitrogens with zero attached hydrogens (tertiary/aromatic N) is 2. The van der Waals surface area contributed by atoms with Gasteiger partial charge in [-0.25, -0.2) is 4.39 Å². The normalized spacial score (nSPS) is 10.7. The van der Waals surface area contributed by atoms with Gasteiger partial charge in [-0.3, -0.25) is 0 Å². The van der Waals surface area contributed by atoms with Gasteiger partial charge < -0.3 is 0 Å². The Kier molecular flexibility index (Phi) is 7.11. The fourth-order valence-corrected chi connectivity index (χ4v) is 3.59. The number of hydrogen-bond donors (Lipinski definition) is 3. The van der Waals surface area contributed by atoms with E-state index in [-0.39, 0.29) is 5.82 Å². The van der Waals surface area contributed by atoms with Crippen molar-refractivity contribution >= 4 is 60.2 Å². The van der Waals surface area contributed by atoms with Crippen molar-refractivity contribution < 1.29 is 9.13 Å². The molecule has 0 radical (unpaired) electrons. The van der Waals surface area contributed by atoms with Gasteiger partial charge in [0.2, 0.25) is 0 Å². The number of aryl methyl sites for hydroxylation is 1. The van der Waals surface area contributed by atoms with Crippen LogP contribution in [0.2, 0.25) is 0 Å². The Hall–Kier alpha value is -3.87. The molecule has 4 aromatic rings. The molecule has 34 heavy (non-hydrogen) atoms. The van der Waals surface area contributed by atoms with Gasteiger partial charge in [-0.1, -0.05) is 0 Å². The van der Waals surface area contributed by atoms with E-state index in [1.807, 2.05) is 44.2 Å². The van der Waals surface area contributed by atoms with Gasteiger partial charge in [-0.05, 0) is 18.6 Å². The molecule has 0 bridgehead atoms. The molecule has 0 atom stereocenters. The van der Waals surface area contributed by atoms with E-state index in [1.165, 1.54) is 12.4 Å². The van der Waals surface area contributed by atoms with Crippen molar-refractivity contribution in [1.29, 1.82) is 0 Å². The van der Waals surface area contributed by atoms with Crippen molar-refractivity contribution in [2.75, 3.05) is 23.0 Å². The molecular formula is C25H26B2FN5O. The molecule has 9 heteroatoms. The molecule has 0 aliphatic rings. The predicted octanol–water partition coefficient (Wildman–Crippen LogP) is 2.96. The minimum atomic E-state index is -0.242. The van der Waals surface area contributed by atoms with Crippen LogP contribution in [0.25, 0.3) is 10.9 Å². The fourth-order valence-electron chi connectivity index (χ4n) is 3.59. The summed E-state index contributed by atoms with van der Waals surface area (Å²) in [6.07, 6.45) is 3.04. The number of benzene rings is 3. The third kappa shape index (κ3) is 5.73. The van der Waals surface area contributed by atoms with Crippen molar-refractivity contribution in [3.05, 3.63) is 72.3 Å². The summed E-state index contributed by atoms with van der Waals surface area (Å²) in [5.74, 6) is 1.12. The van der Waals surface area contributed by atoms with Gasteiger partial charge in [-0.2, -0.15) is 0 Å². The van der Waals surface area contributed by atoms with Gasteiger partial charge in [0.15, 0.2) is 0 Å². The van der Waals surface area contributed by atoms with E-state index >= 15 is 0 Å². The first-order valence-corrected chi connectivity index (χ1v) is 11.1. The Morgan fingerprint density at radius 3 is 2.79 bits per heavy atom. The zero-order valence-corrected chi connectivity index (χ0v) is 19.4. The SMILES string of the molecule is B=C(CCCOc1ccc2ncnc(Nc3ccc(F)c(C)c3)c2c1)Nc1cc(B)ccc1N. The van der Waals surface area contributed by atoms with Crippen molar-refractivity contribution in [2.45, 2.75) is 19.8 Å². The van der Waals surface area contributed by atoms with E-state index in [2.05, 4.69) is 28.1 Å². The van der Waals surface area contributed by atoms with Crippen LogP contribution in [0.1, 0.15) is 18.4 Å². The molecule has 4 rings (SSSR count). The predicted molar refractivity (Wildman–Crippen MR) is 143 cm³/mol. The second-order valence-corrected chi connectivity index (χ2v) is 8.26. The summed E-state index contributed by atoms with van der Waals surface area (Å²) in [5.41, 5.74) is 11.7. The minimum absolute atomic E-state index is 0.242. The van der Waals surface area contributed by atoms with Crippen molar-refractivity contribution in [3.8, 4) is 5.75 Å². The first-order chi connectivity index (χ1) is 16.4. The van der Waals surface area contributed by atoms with Crippen LogP contribution in [-0.2, 0) is 0 Å². The van der Waals surface area contributed by atoms with Gasteiger partial charge in [0.05, 0.1) is 0 Å². The number of anilines is 4. The number of rotatable bonds is 9. The van der Waals surface area contributed by atoms with E-state index in [4.69, 9.17) is 10.5 Å². The van der Waals surface area contributed by atoms with E-state index < -0.39 is 0 Å². The van der Waals surface area contributed by atoms with Crippen LogP contribution in [0, 0.1) is 12.7 Å². The molecule has 6 nitrogen and oxygen atoms in total. The van der Waals surface area contributed by atoms with Crippen molar-refractivity contribution in [1.82, 2.24) is 9.97 Å². The number of hydrogen-bond acceptors (Lipinski definition) is 6. The molecule has 1 aromatic heterocycles. The molecule has 0 saturated carbocycles. The Bertz CT molecular complexity index is 1350. The van der Waals surface area contributed by atoms with Crippen molar-refractivity contribution in [2.24, 2.45) is 0 Å². The summed E-state index contributed by atoms with van der Waals surface area (Å²) in [5, 5.41) is 7.36. The molecule has 0 aliphatic carbocycles. The van der Waals surface area contributed by atoms with Gasteiger partial charge >= 0.3 is 171 Å². The van der Waals surface area contributed by atoms with Crippen LogP contribution < -0.4 is 26.6 Å². The van der Waals surface area contributed by atoms with E-state index in [9.17, 15) is 4.39 Å². The summed E-state index contributed by atoms with van der Waals surface area (Å²) in [6, 6.07) is 16.4. The third-order valence-electron chi connectivity index (χ3n) is 5.44. The molecular weight excluding hydrogens is 427 g/mol. The molecule has 170 valence electrons. The number of aromatic nitrogens is 2. The van der Waals surface area contributed by atoms with Crippen LogP contribution >= 0.6 is 0 Å². The summed E-state index contributed by atoms with van der Waals surface area (Å²) in [7, 11) is 6.12. The van der Waals surface area contributed by atoms with E-state index in [0.29, 0.717) is 23.7 Å². The average Bonchev–Trinajstić information content (AvgIpc) is 2.82. The van der Waals surface area contributed by atoms with Gasteiger partial charge in [0, 0.05) is 0 Å². The van der Waals surface area contributed by atoms with Crippen LogP contribution in [0.15, 0.2) is 60.9 Å². The Labute approximate surface area is 200 Å². The summed E-state index contributed by atoms with van der Waals surface area (Å²) >= 11 is 0. The number of nitrogens with one attached hydrogen (secondary N) is 2. The molecule has 0 aliphatic heterocycles. The van der Waals surface area contributed by atoms with Crippen molar-refractivity contribution in [3.63, 3.8) is 0 Å². The fraction of sp³-hybridized carbons (Fsp3) is 0.160. The Morgan fingerprint density at radius 1 is 1.12 bits per heavy atom. The van der Waals surface area contributed by atoms with Crippen LogP contribution in [0.5, 0.6) is 5.75 Å². The standard InChI is InChI=1S/C25H26B2FN5O/c1-15-11-17(5-7-20(15)28)32-25-19-13-18(6-9-22(19)30-14-31-25)34-10-2-3-24(27)33-23-12-16(26)4-8-21(23)29/h4-9,11-14,27,33H,2-3,10,26,29H2,1H3,(H,30,31,32). The number of nitrogen functional groups attached to an aromatic ring is 1. The van der Waals surface area contributed by atoms with Crippen LogP contribution in [-0.4, -0.2) is 37.5 Å². The topological polar surface area (TPSA) is 85.1 Å². The number of ether oxygens (including phenoxy) is 1. The van der Waals surface area contributed by atoms with Crippen LogP contribution in [0.4, 0.5) is 27.3 Å². The quantitative estimate of drug-likeness (QED) is 0.205. The molecule has 3 aromatic carbocycles. The maximum atomic E-state index is 13.6. The van der Waals surface area contributed by atoms with Gasteiger partial charge in [-0.15, -0.1) is 0 Å². The molecule has 0 amide bonds. The first kappa shape index (κ1) is 23.3. The zero-order valence-electron chi connectivity index (χ0n) is 19.4. The number of nitrogens with two attached hydrogens (primary N) is 1. The summed E-state index contributed by atoms with van der Waals surface area (Å²) in [6.45, 7) is 2.26. The molecule has 0 fully saturated rings. The first-order valence-electron chi connectivity index (χ1n) is 11.1. The van der Waals surface area contributed by atoms with Gasteiger partial charge in [0.1, 0.15) is 5.82 Å². The average molecular weight is 453 g/mol. The summed E-state index contributed by atoms with van der Waals surface area (Å²) < 4.78 is 19.6. The molecule has 4 N–H and O–H groups in total. The van der Waals surface area contributed by atoms with Gasteiger partial charge in [0.25, 0.3) is 0 Å². The molecule has 0 saturated heterocycles. The number of fused-ring (bicyclic) bond motifs is 1. The Balaban J connectivity index is 1.37. The molecule has 0 unspecified atom stereocenters. The third-order valence-corrected chi connectivity index (χ3v) is 5.44. The van der Waals surface area contributed by atoms with E-state index in [1.54, 1.807) is 19.1 Å². The Morgan fingerprint density at radius 2 is 1.97 bits per heavy atom. The van der Waals surface area contributed by atoms with Crippen LogP contribution in [0.3, 0.4) is 0 Å². The maximum absolute atomic E-state index is 13.6. The van der Waals surface area contributed by atoms with E-state index in [0.717, 1.165) is 51.9 Å². The number of halogens is 1.